The zero-order valence-corrected chi connectivity index (χ0v) is 11.5. The third-order valence-electron chi connectivity index (χ3n) is 3.69. The third kappa shape index (κ3) is 2.60. The van der Waals surface area contributed by atoms with Crippen molar-refractivity contribution in [2.75, 3.05) is 18.5 Å². The predicted molar refractivity (Wildman–Crippen MR) is 68.9 cm³/mol. The van der Waals surface area contributed by atoms with Crippen molar-refractivity contribution in [2.45, 2.75) is 57.3 Å². The van der Waals surface area contributed by atoms with Gasteiger partial charge in [0.2, 0.25) is 0 Å². The molecule has 106 valence electrons. The van der Waals surface area contributed by atoms with Crippen LogP contribution in [0.4, 0.5) is 6.01 Å². The third-order valence-corrected chi connectivity index (χ3v) is 3.69. The van der Waals surface area contributed by atoms with Crippen LogP contribution in [0.25, 0.3) is 0 Å². The first-order valence-corrected chi connectivity index (χ1v) is 7.04. The Bertz CT molecular complexity index is 423. The summed E-state index contributed by atoms with van der Waals surface area (Å²) in [7, 11) is 0. The van der Waals surface area contributed by atoms with Crippen molar-refractivity contribution in [3.63, 3.8) is 0 Å². The minimum atomic E-state index is -0.569. The number of rotatable bonds is 5. The Kier molecular flexibility index (Phi) is 3.45. The van der Waals surface area contributed by atoms with Crippen LogP contribution < -0.4 is 5.32 Å². The number of ether oxygens (including phenoxy) is 2. The average Bonchev–Trinajstić information content (AvgIpc) is 2.92. The zero-order chi connectivity index (χ0) is 13.3. The molecular weight excluding hydrogens is 246 g/mol. The number of anilines is 1. The van der Waals surface area contributed by atoms with Gasteiger partial charge in [-0.1, -0.05) is 5.10 Å². The summed E-state index contributed by atoms with van der Waals surface area (Å²) in [6, 6.07) is 0.980. The van der Waals surface area contributed by atoms with Gasteiger partial charge in [0.15, 0.2) is 5.60 Å². The quantitative estimate of drug-likeness (QED) is 0.880. The molecule has 1 aromatic heterocycles. The maximum atomic E-state index is 5.99. The molecule has 0 amide bonds. The number of aromatic nitrogens is 2. The molecular formula is C13H21N3O3. The molecule has 0 bridgehead atoms. The van der Waals surface area contributed by atoms with Crippen LogP contribution in [0, 0.1) is 0 Å². The minimum Gasteiger partial charge on any atom is -0.405 e. The summed E-state index contributed by atoms with van der Waals surface area (Å²) in [6.07, 6.45) is 4.48. The van der Waals surface area contributed by atoms with Gasteiger partial charge in [-0.05, 0) is 33.1 Å². The van der Waals surface area contributed by atoms with Crippen LogP contribution in [0.2, 0.25) is 0 Å². The van der Waals surface area contributed by atoms with Crippen molar-refractivity contribution in [2.24, 2.45) is 0 Å². The van der Waals surface area contributed by atoms with Gasteiger partial charge in [-0.3, -0.25) is 0 Å². The molecule has 2 heterocycles. The van der Waals surface area contributed by atoms with E-state index in [9.17, 15) is 0 Å². The van der Waals surface area contributed by atoms with Crippen molar-refractivity contribution in [3.8, 4) is 0 Å². The van der Waals surface area contributed by atoms with E-state index in [2.05, 4.69) is 15.5 Å². The van der Waals surface area contributed by atoms with Crippen molar-refractivity contribution >= 4 is 6.01 Å². The van der Waals surface area contributed by atoms with Gasteiger partial charge >= 0.3 is 6.01 Å². The Morgan fingerprint density at radius 3 is 2.79 bits per heavy atom. The maximum Gasteiger partial charge on any atom is 0.315 e. The highest BCUT2D eigenvalue weighted by Gasteiger charge is 2.44. The molecule has 2 aliphatic rings. The van der Waals surface area contributed by atoms with E-state index in [1.807, 2.05) is 13.8 Å². The van der Waals surface area contributed by atoms with Crippen LogP contribution in [-0.2, 0) is 15.1 Å². The van der Waals surface area contributed by atoms with Crippen LogP contribution in [0.15, 0.2) is 4.42 Å². The molecule has 1 saturated heterocycles. The van der Waals surface area contributed by atoms with E-state index in [0.717, 1.165) is 6.42 Å². The molecule has 1 aromatic rings. The normalized spacial score (nSPS) is 27.7. The van der Waals surface area contributed by atoms with E-state index < -0.39 is 5.60 Å². The summed E-state index contributed by atoms with van der Waals surface area (Å²) in [5.41, 5.74) is -0.569. The smallest absolute Gasteiger partial charge is 0.315 e. The first kappa shape index (κ1) is 12.9. The summed E-state index contributed by atoms with van der Waals surface area (Å²) in [4.78, 5) is 0. The van der Waals surface area contributed by atoms with Gasteiger partial charge in [-0.15, -0.1) is 5.10 Å². The number of hydrogen-bond donors (Lipinski definition) is 1. The highest BCUT2D eigenvalue weighted by Crippen LogP contribution is 2.35. The highest BCUT2D eigenvalue weighted by atomic mass is 16.6. The van der Waals surface area contributed by atoms with E-state index in [0.29, 0.717) is 31.2 Å². The molecule has 0 radical (unpaired) electrons. The average molecular weight is 267 g/mol. The van der Waals surface area contributed by atoms with Crippen LogP contribution >= 0.6 is 0 Å². The second-order valence-corrected chi connectivity index (χ2v) is 5.65. The summed E-state index contributed by atoms with van der Waals surface area (Å²) in [6.45, 7) is 5.16. The van der Waals surface area contributed by atoms with E-state index in [-0.39, 0.29) is 6.10 Å². The highest BCUT2D eigenvalue weighted by molar-refractivity contribution is 5.22. The SMILES string of the molecule is CC(C)OC1(c2nnc(NC3CCC3)o2)CCOC1. The summed E-state index contributed by atoms with van der Waals surface area (Å²) < 4.78 is 17.2. The van der Waals surface area contributed by atoms with Gasteiger partial charge in [0.25, 0.3) is 5.89 Å². The standard InChI is InChI=1S/C13H21N3O3/c1-9(2)19-13(6-7-17-8-13)11-15-16-12(18-11)14-10-4-3-5-10/h9-10H,3-8H2,1-2H3,(H,14,16). The van der Waals surface area contributed by atoms with E-state index >= 15 is 0 Å². The summed E-state index contributed by atoms with van der Waals surface area (Å²) in [5, 5.41) is 11.5. The Hall–Kier alpha value is -1.14. The number of hydrogen-bond acceptors (Lipinski definition) is 6. The first-order valence-electron chi connectivity index (χ1n) is 7.04. The van der Waals surface area contributed by atoms with Crippen LogP contribution in [-0.4, -0.2) is 35.6 Å². The molecule has 6 heteroatoms. The largest absolute Gasteiger partial charge is 0.405 e. The number of nitrogens with one attached hydrogen (secondary N) is 1. The van der Waals surface area contributed by atoms with E-state index in [4.69, 9.17) is 13.9 Å². The molecule has 1 saturated carbocycles. The fourth-order valence-corrected chi connectivity index (χ4v) is 2.50. The topological polar surface area (TPSA) is 69.4 Å². The van der Waals surface area contributed by atoms with Gasteiger partial charge in [-0.2, -0.15) is 0 Å². The Balaban J connectivity index is 1.74. The molecule has 0 spiro atoms. The Labute approximate surface area is 112 Å². The molecule has 19 heavy (non-hydrogen) atoms. The van der Waals surface area contributed by atoms with Crippen LogP contribution in [0.1, 0.15) is 45.4 Å². The van der Waals surface area contributed by atoms with Crippen LogP contribution in [0.3, 0.4) is 0 Å². The fourth-order valence-electron chi connectivity index (χ4n) is 2.50. The molecule has 2 fully saturated rings. The van der Waals surface area contributed by atoms with Gasteiger partial charge < -0.3 is 19.2 Å². The molecule has 6 nitrogen and oxygen atoms in total. The lowest BCUT2D eigenvalue weighted by Crippen LogP contribution is -2.33. The molecule has 1 N–H and O–H groups in total. The molecule has 1 atom stereocenters. The van der Waals surface area contributed by atoms with Crippen molar-refractivity contribution in [1.29, 1.82) is 0 Å². The molecule has 1 aliphatic carbocycles. The second kappa shape index (κ2) is 5.09. The van der Waals surface area contributed by atoms with Gasteiger partial charge in [0.1, 0.15) is 0 Å². The monoisotopic (exact) mass is 267 g/mol. The lowest BCUT2D eigenvalue weighted by atomic mass is 9.93. The number of nitrogens with zero attached hydrogens (tertiary/aromatic N) is 2. The van der Waals surface area contributed by atoms with Gasteiger partial charge in [0.05, 0.1) is 19.3 Å². The van der Waals surface area contributed by atoms with Gasteiger partial charge in [0, 0.05) is 12.5 Å². The summed E-state index contributed by atoms with van der Waals surface area (Å²) in [5.74, 6) is 0.528. The van der Waals surface area contributed by atoms with Crippen LogP contribution in [0.5, 0.6) is 0 Å². The predicted octanol–water partition coefficient (Wildman–Crippen LogP) is 2.07. The molecule has 0 aromatic carbocycles. The van der Waals surface area contributed by atoms with E-state index in [1.54, 1.807) is 0 Å². The van der Waals surface area contributed by atoms with Gasteiger partial charge in [-0.25, -0.2) is 0 Å². The zero-order valence-electron chi connectivity index (χ0n) is 11.5. The van der Waals surface area contributed by atoms with E-state index in [1.165, 1.54) is 19.3 Å². The Morgan fingerprint density at radius 2 is 2.21 bits per heavy atom. The van der Waals surface area contributed by atoms with Crippen molar-refractivity contribution < 1.29 is 13.9 Å². The lowest BCUT2D eigenvalue weighted by Gasteiger charge is -2.26. The van der Waals surface area contributed by atoms with Crippen molar-refractivity contribution in [1.82, 2.24) is 10.2 Å². The first-order chi connectivity index (χ1) is 9.18. The lowest BCUT2D eigenvalue weighted by molar-refractivity contribution is -0.102. The second-order valence-electron chi connectivity index (χ2n) is 5.65. The molecule has 1 unspecified atom stereocenters. The van der Waals surface area contributed by atoms with Crippen molar-refractivity contribution in [3.05, 3.63) is 5.89 Å². The Morgan fingerprint density at radius 1 is 1.37 bits per heavy atom. The maximum absolute atomic E-state index is 5.99. The minimum absolute atomic E-state index is 0.0941. The fraction of sp³-hybridized carbons (Fsp3) is 0.846. The molecule has 1 aliphatic heterocycles. The molecule has 3 rings (SSSR count). The summed E-state index contributed by atoms with van der Waals surface area (Å²) >= 11 is 0.